The Hall–Kier alpha value is -1.88. The van der Waals surface area contributed by atoms with Crippen LogP contribution >= 0.6 is 0 Å². The summed E-state index contributed by atoms with van der Waals surface area (Å²) in [5, 5.41) is 17.1. The second-order valence-corrected chi connectivity index (χ2v) is 3.11. The SMILES string of the molecule is Cc1ccc(C(=O)OO)c(C(=O)O)c1C. The van der Waals surface area contributed by atoms with Gasteiger partial charge in [0.25, 0.3) is 0 Å². The van der Waals surface area contributed by atoms with Crippen molar-refractivity contribution < 1.29 is 24.8 Å². The number of carboxylic acid groups (broad SMARTS) is 1. The summed E-state index contributed by atoms with van der Waals surface area (Å²) in [5.74, 6) is -2.30. The standard InChI is InChI=1S/C10H10O5/c1-5-3-4-7(10(13)15-14)8(6(5)2)9(11)12/h3-4,14H,1-2H3,(H,11,12). The van der Waals surface area contributed by atoms with Crippen LogP contribution in [-0.4, -0.2) is 22.3 Å². The zero-order chi connectivity index (χ0) is 11.6. The minimum Gasteiger partial charge on any atom is -0.478 e. The second kappa shape index (κ2) is 4.10. The van der Waals surface area contributed by atoms with Gasteiger partial charge in [-0.2, -0.15) is 5.26 Å². The Morgan fingerprint density at radius 3 is 2.33 bits per heavy atom. The lowest BCUT2D eigenvalue weighted by Crippen LogP contribution is -2.12. The topological polar surface area (TPSA) is 83.8 Å². The largest absolute Gasteiger partial charge is 0.478 e. The van der Waals surface area contributed by atoms with Gasteiger partial charge >= 0.3 is 11.9 Å². The molecule has 0 bridgehead atoms. The van der Waals surface area contributed by atoms with E-state index in [9.17, 15) is 9.59 Å². The summed E-state index contributed by atoms with van der Waals surface area (Å²) in [4.78, 5) is 25.5. The average Bonchev–Trinajstić information content (AvgIpc) is 2.20. The van der Waals surface area contributed by atoms with Crippen LogP contribution in [0.2, 0.25) is 0 Å². The molecule has 0 aliphatic rings. The highest BCUT2D eigenvalue weighted by atomic mass is 17.1. The number of benzene rings is 1. The van der Waals surface area contributed by atoms with Crippen LogP contribution in [0.25, 0.3) is 0 Å². The minimum atomic E-state index is -1.23. The number of aromatic carboxylic acids is 1. The molecule has 5 heteroatoms. The molecule has 80 valence electrons. The molecule has 0 aliphatic heterocycles. The summed E-state index contributed by atoms with van der Waals surface area (Å²) < 4.78 is 0. The van der Waals surface area contributed by atoms with Crippen LogP contribution in [0.15, 0.2) is 12.1 Å². The fraction of sp³-hybridized carbons (Fsp3) is 0.200. The number of aryl methyl sites for hydroxylation is 1. The zero-order valence-electron chi connectivity index (χ0n) is 8.27. The first-order chi connectivity index (χ1) is 6.99. The Kier molecular flexibility index (Phi) is 3.06. The van der Waals surface area contributed by atoms with Crippen LogP contribution in [-0.2, 0) is 4.89 Å². The molecule has 1 rings (SSSR count). The molecule has 0 aromatic heterocycles. The van der Waals surface area contributed by atoms with Crippen LogP contribution in [0.1, 0.15) is 31.8 Å². The number of hydrogen-bond acceptors (Lipinski definition) is 4. The molecule has 0 unspecified atom stereocenters. The van der Waals surface area contributed by atoms with Gasteiger partial charge in [0.1, 0.15) is 0 Å². The molecule has 0 radical (unpaired) electrons. The van der Waals surface area contributed by atoms with Gasteiger partial charge in [-0.15, -0.1) is 0 Å². The molecule has 15 heavy (non-hydrogen) atoms. The normalized spacial score (nSPS) is 9.80. The molecule has 0 fully saturated rings. The average molecular weight is 210 g/mol. The maximum absolute atomic E-state index is 11.1. The lowest BCUT2D eigenvalue weighted by Gasteiger charge is -2.08. The molecule has 0 amide bonds. The van der Waals surface area contributed by atoms with Gasteiger partial charge in [-0.05, 0) is 31.0 Å². The Balaban J connectivity index is 3.46. The molecule has 1 aromatic carbocycles. The summed E-state index contributed by atoms with van der Waals surface area (Å²) in [6.45, 7) is 3.32. The predicted octanol–water partition coefficient (Wildman–Crippen LogP) is 1.63. The Bertz CT molecular complexity index is 422. The van der Waals surface area contributed by atoms with E-state index in [2.05, 4.69) is 4.89 Å². The number of carboxylic acids is 1. The number of carbonyl (C=O) groups excluding carboxylic acids is 1. The fourth-order valence-electron chi connectivity index (χ4n) is 1.31. The summed E-state index contributed by atoms with van der Waals surface area (Å²) in [5.41, 5.74) is 0.925. The van der Waals surface area contributed by atoms with Gasteiger partial charge in [-0.1, -0.05) is 6.07 Å². The van der Waals surface area contributed by atoms with Crippen LogP contribution < -0.4 is 0 Å². The molecule has 0 saturated carbocycles. The monoisotopic (exact) mass is 210 g/mol. The van der Waals surface area contributed by atoms with Gasteiger partial charge in [0.2, 0.25) is 0 Å². The summed E-state index contributed by atoms with van der Waals surface area (Å²) in [6, 6.07) is 2.90. The zero-order valence-corrected chi connectivity index (χ0v) is 8.27. The molecule has 1 aromatic rings. The maximum Gasteiger partial charge on any atom is 0.373 e. The van der Waals surface area contributed by atoms with Gasteiger partial charge in [-0.3, -0.25) is 4.89 Å². The number of rotatable bonds is 2. The summed E-state index contributed by atoms with van der Waals surface area (Å²) >= 11 is 0. The first kappa shape index (κ1) is 11.2. The molecule has 0 spiro atoms. The number of hydrogen-bond donors (Lipinski definition) is 2. The lowest BCUT2D eigenvalue weighted by molar-refractivity contribution is -0.182. The summed E-state index contributed by atoms with van der Waals surface area (Å²) in [7, 11) is 0. The smallest absolute Gasteiger partial charge is 0.373 e. The lowest BCUT2D eigenvalue weighted by atomic mass is 9.98. The van der Waals surface area contributed by atoms with E-state index in [1.807, 2.05) is 0 Å². The van der Waals surface area contributed by atoms with E-state index in [4.69, 9.17) is 10.4 Å². The highest BCUT2D eigenvalue weighted by Gasteiger charge is 2.20. The molecule has 0 saturated heterocycles. The molecular formula is C10H10O5. The van der Waals surface area contributed by atoms with Crippen LogP contribution in [0.3, 0.4) is 0 Å². The van der Waals surface area contributed by atoms with Crippen molar-refractivity contribution in [1.82, 2.24) is 0 Å². The molecule has 5 nitrogen and oxygen atoms in total. The van der Waals surface area contributed by atoms with Crippen molar-refractivity contribution in [1.29, 1.82) is 0 Å². The Morgan fingerprint density at radius 2 is 1.87 bits per heavy atom. The van der Waals surface area contributed by atoms with Crippen molar-refractivity contribution in [3.8, 4) is 0 Å². The molecular weight excluding hydrogens is 200 g/mol. The van der Waals surface area contributed by atoms with Crippen LogP contribution in [0, 0.1) is 13.8 Å². The maximum atomic E-state index is 11.1. The van der Waals surface area contributed by atoms with Gasteiger partial charge in [0.15, 0.2) is 0 Å². The van der Waals surface area contributed by atoms with Crippen molar-refractivity contribution >= 4 is 11.9 Å². The quantitative estimate of drug-likeness (QED) is 0.572. The second-order valence-electron chi connectivity index (χ2n) is 3.11. The van der Waals surface area contributed by atoms with E-state index in [1.165, 1.54) is 6.07 Å². The van der Waals surface area contributed by atoms with Crippen molar-refractivity contribution in [2.24, 2.45) is 0 Å². The highest BCUT2D eigenvalue weighted by molar-refractivity contribution is 6.03. The molecule has 2 N–H and O–H groups in total. The summed E-state index contributed by atoms with van der Waals surface area (Å²) in [6.07, 6.45) is 0. The fourth-order valence-corrected chi connectivity index (χ4v) is 1.31. The van der Waals surface area contributed by atoms with Gasteiger partial charge < -0.3 is 5.11 Å². The Labute approximate surface area is 85.8 Å². The predicted molar refractivity (Wildman–Crippen MR) is 50.9 cm³/mol. The van der Waals surface area contributed by atoms with Crippen molar-refractivity contribution in [3.63, 3.8) is 0 Å². The van der Waals surface area contributed by atoms with Gasteiger partial charge in [-0.25, -0.2) is 9.59 Å². The van der Waals surface area contributed by atoms with E-state index in [1.54, 1.807) is 19.9 Å². The third-order valence-electron chi connectivity index (χ3n) is 2.25. The minimum absolute atomic E-state index is 0.144. The third kappa shape index (κ3) is 1.97. The van der Waals surface area contributed by atoms with E-state index in [-0.39, 0.29) is 11.1 Å². The van der Waals surface area contributed by atoms with Gasteiger partial charge in [0, 0.05) is 0 Å². The van der Waals surface area contributed by atoms with E-state index >= 15 is 0 Å². The van der Waals surface area contributed by atoms with Crippen molar-refractivity contribution in [3.05, 3.63) is 34.4 Å². The number of carbonyl (C=O) groups is 2. The molecule has 0 heterocycles. The van der Waals surface area contributed by atoms with Gasteiger partial charge in [0.05, 0.1) is 11.1 Å². The van der Waals surface area contributed by atoms with Crippen molar-refractivity contribution in [2.45, 2.75) is 13.8 Å². The highest BCUT2D eigenvalue weighted by Crippen LogP contribution is 2.18. The third-order valence-corrected chi connectivity index (χ3v) is 2.25. The van der Waals surface area contributed by atoms with E-state index in [0.717, 1.165) is 5.56 Å². The van der Waals surface area contributed by atoms with Crippen LogP contribution in [0.4, 0.5) is 0 Å². The van der Waals surface area contributed by atoms with E-state index in [0.29, 0.717) is 5.56 Å². The Morgan fingerprint density at radius 1 is 1.27 bits per heavy atom. The molecule has 0 aliphatic carbocycles. The van der Waals surface area contributed by atoms with Crippen molar-refractivity contribution in [2.75, 3.05) is 0 Å². The first-order valence-corrected chi connectivity index (χ1v) is 4.18. The van der Waals surface area contributed by atoms with Crippen LogP contribution in [0.5, 0.6) is 0 Å². The molecule has 0 atom stereocenters. The van der Waals surface area contributed by atoms with E-state index < -0.39 is 11.9 Å². The first-order valence-electron chi connectivity index (χ1n) is 4.18.